The Morgan fingerprint density at radius 3 is 2.92 bits per heavy atom. The Morgan fingerprint density at radius 1 is 1.46 bits per heavy atom. The predicted octanol–water partition coefficient (Wildman–Crippen LogP) is 1.03. The number of cyclic esters (lactones) is 1. The molecule has 2 fully saturated rings. The normalized spacial score (nSPS) is 36.2. The van der Waals surface area contributed by atoms with Gasteiger partial charge in [0.1, 0.15) is 0 Å². The van der Waals surface area contributed by atoms with Crippen molar-refractivity contribution in [3.63, 3.8) is 0 Å². The molecule has 0 saturated carbocycles. The van der Waals surface area contributed by atoms with Gasteiger partial charge in [0.2, 0.25) is 0 Å². The first-order valence-electron chi connectivity index (χ1n) is 5.13. The van der Waals surface area contributed by atoms with E-state index in [1.54, 1.807) is 0 Å². The number of esters is 1. The second-order valence-corrected chi connectivity index (χ2v) is 4.16. The Labute approximate surface area is 79.0 Å². The van der Waals surface area contributed by atoms with Crippen LogP contribution in [0.25, 0.3) is 0 Å². The average molecular weight is 183 g/mol. The maximum absolute atomic E-state index is 11.1. The fourth-order valence-electron chi connectivity index (χ4n) is 2.56. The molecule has 0 aromatic rings. The van der Waals surface area contributed by atoms with Gasteiger partial charge in [-0.25, -0.2) is 0 Å². The number of carbonyl (C=O) groups excluding carboxylic acids is 1. The van der Waals surface area contributed by atoms with E-state index in [4.69, 9.17) is 4.74 Å². The summed E-state index contributed by atoms with van der Waals surface area (Å²) in [5.74, 6) is 0.547. The minimum Gasteiger partial charge on any atom is -0.466 e. The molecule has 0 aromatic heterocycles. The molecule has 2 atom stereocenters. The largest absolute Gasteiger partial charge is 0.466 e. The summed E-state index contributed by atoms with van der Waals surface area (Å²) < 4.78 is 4.95. The van der Waals surface area contributed by atoms with E-state index in [0.717, 1.165) is 6.42 Å². The van der Waals surface area contributed by atoms with Crippen molar-refractivity contribution in [3.8, 4) is 0 Å². The summed E-state index contributed by atoms with van der Waals surface area (Å²) in [6, 6.07) is 0.632. The predicted molar refractivity (Wildman–Crippen MR) is 49.3 cm³/mol. The minimum atomic E-state index is -0.00319. The van der Waals surface area contributed by atoms with Crippen LogP contribution in [0.3, 0.4) is 0 Å². The molecule has 2 aliphatic rings. The average Bonchev–Trinajstić information content (AvgIpc) is 2.51. The van der Waals surface area contributed by atoms with E-state index in [9.17, 15) is 4.79 Å². The molecule has 2 aliphatic heterocycles. The van der Waals surface area contributed by atoms with Crippen LogP contribution in [0.1, 0.15) is 25.7 Å². The molecule has 2 heterocycles. The van der Waals surface area contributed by atoms with Crippen molar-refractivity contribution in [1.29, 1.82) is 0 Å². The number of nitrogens with zero attached hydrogens (tertiary/aromatic N) is 1. The molecule has 0 amide bonds. The Balaban J connectivity index is 1.95. The minimum absolute atomic E-state index is 0.00319. The quantitative estimate of drug-likeness (QED) is 0.569. The molecular formula is C10H17NO2. The molecule has 13 heavy (non-hydrogen) atoms. The molecule has 3 nitrogen and oxygen atoms in total. The van der Waals surface area contributed by atoms with Crippen LogP contribution in [-0.2, 0) is 9.53 Å². The topological polar surface area (TPSA) is 29.5 Å². The van der Waals surface area contributed by atoms with E-state index in [1.165, 1.54) is 19.4 Å². The zero-order valence-electron chi connectivity index (χ0n) is 8.16. The number of rotatable bonds is 1. The van der Waals surface area contributed by atoms with Gasteiger partial charge in [-0.1, -0.05) is 0 Å². The summed E-state index contributed by atoms with van der Waals surface area (Å²) in [6.07, 6.45) is 4.23. The molecule has 0 bridgehead atoms. The van der Waals surface area contributed by atoms with Crippen molar-refractivity contribution >= 4 is 5.97 Å². The van der Waals surface area contributed by atoms with Gasteiger partial charge in [-0.3, -0.25) is 4.79 Å². The van der Waals surface area contributed by atoms with Gasteiger partial charge in [-0.2, -0.15) is 0 Å². The van der Waals surface area contributed by atoms with Gasteiger partial charge >= 0.3 is 5.97 Å². The molecule has 0 radical (unpaired) electrons. The van der Waals surface area contributed by atoms with Crippen LogP contribution >= 0.6 is 0 Å². The van der Waals surface area contributed by atoms with Gasteiger partial charge in [-0.05, 0) is 38.8 Å². The third-order valence-corrected chi connectivity index (χ3v) is 3.30. The van der Waals surface area contributed by atoms with E-state index < -0.39 is 0 Å². The smallest absolute Gasteiger partial charge is 0.306 e. The Hall–Kier alpha value is -0.570. The Kier molecular flexibility index (Phi) is 2.54. The third kappa shape index (κ3) is 1.85. The third-order valence-electron chi connectivity index (χ3n) is 3.30. The van der Waals surface area contributed by atoms with E-state index in [2.05, 4.69) is 11.9 Å². The van der Waals surface area contributed by atoms with E-state index >= 15 is 0 Å². The second kappa shape index (κ2) is 3.66. The van der Waals surface area contributed by atoms with Crippen LogP contribution in [0.15, 0.2) is 0 Å². The van der Waals surface area contributed by atoms with Gasteiger partial charge < -0.3 is 9.64 Å². The lowest BCUT2D eigenvalue weighted by Crippen LogP contribution is -2.37. The molecule has 2 saturated heterocycles. The highest BCUT2D eigenvalue weighted by atomic mass is 16.5. The Morgan fingerprint density at radius 2 is 2.31 bits per heavy atom. The highest BCUT2D eigenvalue weighted by Gasteiger charge is 2.33. The molecule has 0 aliphatic carbocycles. The van der Waals surface area contributed by atoms with Crippen molar-refractivity contribution in [3.05, 3.63) is 0 Å². The molecule has 2 rings (SSSR count). The zero-order valence-corrected chi connectivity index (χ0v) is 8.16. The lowest BCUT2D eigenvalue weighted by molar-refractivity contribution is -0.150. The molecular weight excluding hydrogens is 166 g/mol. The zero-order chi connectivity index (χ0) is 9.26. The van der Waals surface area contributed by atoms with E-state index in [0.29, 0.717) is 25.0 Å². The number of hydrogen-bond donors (Lipinski definition) is 0. The lowest BCUT2D eigenvalue weighted by atomic mass is 9.90. The summed E-state index contributed by atoms with van der Waals surface area (Å²) in [7, 11) is 2.16. The molecule has 0 spiro atoms. The van der Waals surface area contributed by atoms with Crippen LogP contribution < -0.4 is 0 Å². The Bertz CT molecular complexity index is 205. The van der Waals surface area contributed by atoms with Gasteiger partial charge in [0.05, 0.1) is 6.61 Å². The van der Waals surface area contributed by atoms with Crippen LogP contribution in [-0.4, -0.2) is 37.1 Å². The van der Waals surface area contributed by atoms with E-state index in [1.807, 2.05) is 0 Å². The standard InChI is InChI=1S/C10H17NO2/c1-11-5-2-3-9(11)8-4-6-13-10(12)7-8/h8-9H,2-7H2,1H3/t8-,9-/m1/s1. The molecule has 0 unspecified atom stereocenters. The summed E-state index contributed by atoms with van der Waals surface area (Å²) in [5.41, 5.74) is 0. The van der Waals surface area contributed by atoms with Crippen LogP contribution in [0.2, 0.25) is 0 Å². The maximum atomic E-state index is 11.1. The fraction of sp³-hybridized carbons (Fsp3) is 0.900. The lowest BCUT2D eigenvalue weighted by Gasteiger charge is -2.31. The monoisotopic (exact) mass is 183 g/mol. The number of hydrogen-bond acceptors (Lipinski definition) is 3. The molecule has 3 heteroatoms. The highest BCUT2D eigenvalue weighted by Crippen LogP contribution is 2.29. The van der Waals surface area contributed by atoms with Gasteiger partial charge in [0.25, 0.3) is 0 Å². The summed E-state index contributed by atoms with van der Waals surface area (Å²) >= 11 is 0. The summed E-state index contributed by atoms with van der Waals surface area (Å²) in [5, 5.41) is 0. The first-order valence-corrected chi connectivity index (χ1v) is 5.13. The first kappa shape index (κ1) is 9.00. The number of carbonyl (C=O) groups is 1. The molecule has 0 aromatic carbocycles. The van der Waals surface area contributed by atoms with Crippen LogP contribution in [0, 0.1) is 5.92 Å². The summed E-state index contributed by atoms with van der Waals surface area (Å²) in [6.45, 7) is 1.82. The number of likely N-dealkylation sites (tertiary alicyclic amines) is 1. The SMILES string of the molecule is CN1CCC[C@@H]1[C@@H]1CCOC(=O)C1. The van der Waals surface area contributed by atoms with Crippen molar-refractivity contribution in [2.24, 2.45) is 5.92 Å². The van der Waals surface area contributed by atoms with Crippen LogP contribution in [0.4, 0.5) is 0 Å². The fourth-order valence-corrected chi connectivity index (χ4v) is 2.56. The maximum Gasteiger partial charge on any atom is 0.306 e. The van der Waals surface area contributed by atoms with E-state index in [-0.39, 0.29) is 5.97 Å². The van der Waals surface area contributed by atoms with Gasteiger partial charge in [0.15, 0.2) is 0 Å². The first-order chi connectivity index (χ1) is 6.27. The van der Waals surface area contributed by atoms with Crippen molar-refractivity contribution < 1.29 is 9.53 Å². The van der Waals surface area contributed by atoms with Crippen molar-refractivity contribution in [2.45, 2.75) is 31.7 Å². The van der Waals surface area contributed by atoms with Gasteiger partial charge in [-0.15, -0.1) is 0 Å². The second-order valence-electron chi connectivity index (χ2n) is 4.16. The summed E-state index contributed by atoms with van der Waals surface area (Å²) in [4.78, 5) is 13.5. The van der Waals surface area contributed by atoms with Crippen molar-refractivity contribution in [1.82, 2.24) is 4.90 Å². The number of ether oxygens (including phenoxy) is 1. The molecule has 74 valence electrons. The van der Waals surface area contributed by atoms with Crippen molar-refractivity contribution in [2.75, 3.05) is 20.2 Å². The highest BCUT2D eigenvalue weighted by molar-refractivity contribution is 5.70. The van der Waals surface area contributed by atoms with Crippen LogP contribution in [0.5, 0.6) is 0 Å². The van der Waals surface area contributed by atoms with Gasteiger partial charge in [0, 0.05) is 12.5 Å². The molecule has 0 N–H and O–H groups in total.